The fraction of sp³-hybridized carbons (Fsp3) is 0.250. The van der Waals surface area contributed by atoms with Crippen LogP contribution in [0.5, 0.6) is 0 Å². The fourth-order valence-electron chi connectivity index (χ4n) is 4.22. The highest BCUT2D eigenvalue weighted by Gasteiger charge is 2.34. The monoisotopic (exact) mass is 496 g/mol. The zero-order valence-electron chi connectivity index (χ0n) is 22.1. The van der Waals surface area contributed by atoms with Crippen LogP contribution in [-0.2, 0) is 20.9 Å². The SMILES string of the molecule is C=Cc1ccc(NC(=O)C(CN)c2ccc(COC(=O)C3(C)C=CC=C(C)C=C3C)cc2)cc1/C=C\C. The third-order valence-electron chi connectivity index (χ3n) is 6.70. The molecule has 2 aromatic carbocycles. The summed E-state index contributed by atoms with van der Waals surface area (Å²) in [4.78, 5) is 26.0. The summed E-state index contributed by atoms with van der Waals surface area (Å²) < 4.78 is 5.66. The van der Waals surface area contributed by atoms with Crippen LogP contribution < -0.4 is 11.1 Å². The van der Waals surface area contributed by atoms with Crippen LogP contribution in [0.15, 0.2) is 90.6 Å². The number of rotatable bonds is 9. The molecule has 0 heterocycles. The number of nitrogens with one attached hydrogen (secondary N) is 1. The Labute approximate surface area is 220 Å². The van der Waals surface area contributed by atoms with Gasteiger partial charge in [0.1, 0.15) is 12.0 Å². The summed E-state index contributed by atoms with van der Waals surface area (Å²) in [5, 5.41) is 2.98. The molecule has 3 N–H and O–H groups in total. The molecular formula is C32H36N2O3. The second-order valence-electron chi connectivity index (χ2n) is 9.44. The molecule has 0 bridgehead atoms. The van der Waals surface area contributed by atoms with Crippen molar-refractivity contribution in [3.8, 4) is 0 Å². The molecule has 0 radical (unpaired) electrons. The molecule has 0 fully saturated rings. The average molecular weight is 497 g/mol. The Bertz CT molecular complexity index is 1280. The lowest BCUT2D eigenvalue weighted by Crippen LogP contribution is -2.29. The van der Waals surface area contributed by atoms with E-state index in [1.54, 1.807) is 6.08 Å². The maximum atomic E-state index is 13.0. The number of hydrogen-bond donors (Lipinski definition) is 2. The van der Waals surface area contributed by atoms with Gasteiger partial charge in [-0.05, 0) is 62.1 Å². The van der Waals surface area contributed by atoms with E-state index in [1.807, 2.05) is 107 Å². The van der Waals surface area contributed by atoms with Gasteiger partial charge in [0, 0.05) is 12.2 Å². The Morgan fingerprint density at radius 3 is 2.51 bits per heavy atom. The number of carbonyl (C=O) groups is 2. The standard InChI is InChI=1S/C32H36N2O3/c1-6-9-27-19-28(16-15-25(27)7-2)34-30(35)29(20-33)26-13-11-24(12-14-26)21-37-31(36)32(5)17-8-10-22(3)18-23(32)4/h6-19,29H,2,20-21,33H2,1,3-5H3,(H,34,35)/b9-6-. The minimum absolute atomic E-state index is 0.144. The highest BCUT2D eigenvalue weighted by Crippen LogP contribution is 2.33. The van der Waals surface area contributed by atoms with Crippen molar-refractivity contribution >= 4 is 29.7 Å². The van der Waals surface area contributed by atoms with Crippen LogP contribution in [0.4, 0.5) is 5.69 Å². The largest absolute Gasteiger partial charge is 0.460 e. The van der Waals surface area contributed by atoms with Crippen molar-refractivity contribution in [3.05, 3.63) is 113 Å². The van der Waals surface area contributed by atoms with Gasteiger partial charge in [0.2, 0.25) is 5.91 Å². The van der Waals surface area contributed by atoms with Gasteiger partial charge in [-0.3, -0.25) is 9.59 Å². The summed E-state index contributed by atoms with van der Waals surface area (Å²) in [5.41, 5.74) is 11.5. The smallest absolute Gasteiger partial charge is 0.320 e. The van der Waals surface area contributed by atoms with Gasteiger partial charge < -0.3 is 15.8 Å². The Morgan fingerprint density at radius 2 is 1.86 bits per heavy atom. The molecule has 192 valence electrons. The Kier molecular flexibility index (Phi) is 9.20. The van der Waals surface area contributed by atoms with Crippen LogP contribution >= 0.6 is 0 Å². The second-order valence-corrected chi connectivity index (χ2v) is 9.44. The number of anilines is 1. The predicted octanol–water partition coefficient (Wildman–Crippen LogP) is 6.56. The van der Waals surface area contributed by atoms with Gasteiger partial charge in [0.25, 0.3) is 0 Å². The average Bonchev–Trinajstić information content (AvgIpc) is 3.01. The van der Waals surface area contributed by atoms with Crippen molar-refractivity contribution in [2.75, 3.05) is 11.9 Å². The van der Waals surface area contributed by atoms with Crippen LogP contribution in [0.2, 0.25) is 0 Å². The first-order valence-electron chi connectivity index (χ1n) is 12.4. The number of benzene rings is 2. The molecule has 1 amide bonds. The van der Waals surface area contributed by atoms with E-state index in [-0.39, 0.29) is 25.0 Å². The molecule has 5 heteroatoms. The van der Waals surface area contributed by atoms with Crippen molar-refractivity contribution in [1.29, 1.82) is 0 Å². The van der Waals surface area contributed by atoms with Gasteiger partial charge in [0.15, 0.2) is 0 Å². The maximum absolute atomic E-state index is 13.0. The van der Waals surface area contributed by atoms with E-state index in [2.05, 4.69) is 11.9 Å². The van der Waals surface area contributed by atoms with E-state index in [0.717, 1.165) is 33.4 Å². The highest BCUT2D eigenvalue weighted by molar-refractivity contribution is 5.96. The predicted molar refractivity (Wildman–Crippen MR) is 153 cm³/mol. The lowest BCUT2D eigenvalue weighted by atomic mass is 9.82. The molecule has 0 saturated carbocycles. The van der Waals surface area contributed by atoms with E-state index in [4.69, 9.17) is 10.5 Å². The molecule has 2 aromatic rings. The van der Waals surface area contributed by atoms with Crippen molar-refractivity contribution < 1.29 is 14.3 Å². The first-order valence-corrected chi connectivity index (χ1v) is 12.4. The zero-order chi connectivity index (χ0) is 27.0. The van der Waals surface area contributed by atoms with E-state index >= 15 is 0 Å². The summed E-state index contributed by atoms with van der Waals surface area (Å²) in [6.07, 6.45) is 13.4. The molecule has 37 heavy (non-hydrogen) atoms. The molecule has 0 saturated heterocycles. The maximum Gasteiger partial charge on any atom is 0.320 e. The van der Waals surface area contributed by atoms with Crippen molar-refractivity contribution in [1.82, 2.24) is 0 Å². The molecule has 3 rings (SSSR count). The summed E-state index contributed by atoms with van der Waals surface area (Å²) in [7, 11) is 0. The second kappa shape index (κ2) is 12.3. The van der Waals surface area contributed by atoms with Gasteiger partial charge in [-0.1, -0.05) is 90.6 Å². The van der Waals surface area contributed by atoms with Crippen LogP contribution in [0.25, 0.3) is 12.2 Å². The van der Waals surface area contributed by atoms with E-state index in [9.17, 15) is 9.59 Å². The fourth-order valence-corrected chi connectivity index (χ4v) is 4.22. The number of hydrogen-bond acceptors (Lipinski definition) is 4. The number of esters is 1. The molecular weight excluding hydrogens is 460 g/mol. The topological polar surface area (TPSA) is 81.4 Å². The number of allylic oxidation sites excluding steroid dienone is 5. The third kappa shape index (κ3) is 6.63. The molecule has 1 aliphatic rings. The summed E-state index contributed by atoms with van der Waals surface area (Å²) in [6, 6.07) is 13.1. The van der Waals surface area contributed by atoms with Gasteiger partial charge in [-0.2, -0.15) is 0 Å². The zero-order valence-corrected chi connectivity index (χ0v) is 22.1. The van der Waals surface area contributed by atoms with Crippen LogP contribution in [-0.4, -0.2) is 18.4 Å². The molecule has 2 unspecified atom stereocenters. The van der Waals surface area contributed by atoms with Crippen LogP contribution in [0, 0.1) is 5.41 Å². The number of ether oxygens (including phenoxy) is 1. The normalized spacial score (nSPS) is 18.0. The van der Waals surface area contributed by atoms with Gasteiger partial charge in [-0.25, -0.2) is 0 Å². The molecule has 2 atom stereocenters. The van der Waals surface area contributed by atoms with E-state index in [0.29, 0.717) is 5.69 Å². The Hall–Kier alpha value is -3.96. The molecule has 0 spiro atoms. The molecule has 0 aliphatic heterocycles. The molecule has 1 aliphatic carbocycles. The van der Waals surface area contributed by atoms with Crippen LogP contribution in [0.3, 0.4) is 0 Å². The van der Waals surface area contributed by atoms with Crippen LogP contribution in [0.1, 0.15) is 55.9 Å². The lowest BCUT2D eigenvalue weighted by Gasteiger charge is -2.24. The Balaban J connectivity index is 1.66. The summed E-state index contributed by atoms with van der Waals surface area (Å²) in [6.45, 7) is 11.9. The highest BCUT2D eigenvalue weighted by atomic mass is 16.5. The number of amides is 1. The van der Waals surface area contributed by atoms with Gasteiger partial charge in [-0.15, -0.1) is 0 Å². The minimum atomic E-state index is -0.812. The first kappa shape index (κ1) is 27.6. The van der Waals surface area contributed by atoms with Gasteiger partial charge in [0.05, 0.1) is 5.92 Å². The number of carbonyl (C=O) groups excluding carboxylic acids is 2. The Morgan fingerprint density at radius 1 is 1.14 bits per heavy atom. The van der Waals surface area contributed by atoms with Crippen molar-refractivity contribution in [2.24, 2.45) is 11.1 Å². The lowest BCUT2D eigenvalue weighted by molar-refractivity contribution is -0.151. The summed E-state index contributed by atoms with van der Waals surface area (Å²) in [5.74, 6) is -0.998. The molecule has 5 nitrogen and oxygen atoms in total. The van der Waals surface area contributed by atoms with Crippen molar-refractivity contribution in [3.63, 3.8) is 0 Å². The van der Waals surface area contributed by atoms with Gasteiger partial charge >= 0.3 is 5.97 Å². The summed E-state index contributed by atoms with van der Waals surface area (Å²) >= 11 is 0. The van der Waals surface area contributed by atoms with E-state index in [1.165, 1.54) is 0 Å². The first-order chi connectivity index (χ1) is 17.7. The van der Waals surface area contributed by atoms with Crippen molar-refractivity contribution in [2.45, 2.75) is 40.2 Å². The molecule has 0 aromatic heterocycles. The third-order valence-corrected chi connectivity index (χ3v) is 6.70. The quantitative estimate of drug-likeness (QED) is 0.386. The number of nitrogens with two attached hydrogens (primary N) is 1. The van der Waals surface area contributed by atoms with E-state index < -0.39 is 11.3 Å². The minimum Gasteiger partial charge on any atom is -0.460 e.